The highest BCUT2D eigenvalue weighted by atomic mass is 32.1. The van der Waals surface area contributed by atoms with Crippen molar-refractivity contribution in [2.45, 2.75) is 6.92 Å². The molecule has 3 nitrogen and oxygen atoms in total. The van der Waals surface area contributed by atoms with Gasteiger partial charge in [-0.05, 0) is 35.6 Å². The van der Waals surface area contributed by atoms with E-state index in [1.807, 2.05) is 18.4 Å². The topological polar surface area (TPSA) is 54.7 Å². The Bertz CT molecular complexity index is 730. The molecular weight excluding hydrogens is 261 g/mol. The van der Waals surface area contributed by atoms with Gasteiger partial charge in [0.2, 0.25) is 0 Å². The number of nitrogens with two attached hydrogens (primary N) is 1. The quantitative estimate of drug-likeness (QED) is 0.745. The van der Waals surface area contributed by atoms with Crippen LogP contribution in [0, 0.1) is 12.7 Å². The van der Waals surface area contributed by atoms with Crippen molar-refractivity contribution < 1.29 is 4.39 Å². The van der Waals surface area contributed by atoms with Gasteiger partial charge in [0.15, 0.2) is 5.82 Å². The lowest BCUT2D eigenvalue weighted by molar-refractivity contribution is 0.628. The van der Waals surface area contributed by atoms with Gasteiger partial charge in [-0.25, -0.2) is 4.39 Å². The van der Waals surface area contributed by atoms with Crippen molar-refractivity contribution in [3.63, 3.8) is 0 Å². The molecule has 0 fully saturated rings. The van der Waals surface area contributed by atoms with Crippen LogP contribution in [0.5, 0.6) is 0 Å². The molecular formula is C14H12FN3S. The monoisotopic (exact) mass is 273 g/mol. The van der Waals surface area contributed by atoms with E-state index in [2.05, 4.69) is 15.6 Å². The first-order chi connectivity index (χ1) is 9.16. The number of aryl methyl sites for hydroxylation is 1. The standard InChI is InChI=1S/C14H12FN3S/c1-8-6-19-7-11(8)13-12(14(16)18-17-13)9-3-2-4-10(15)5-9/h2-7H,1H3,(H3,16,17,18). The summed E-state index contributed by atoms with van der Waals surface area (Å²) in [5.41, 5.74) is 10.4. The van der Waals surface area contributed by atoms with E-state index >= 15 is 0 Å². The second-order valence-corrected chi connectivity index (χ2v) is 5.08. The highest BCUT2D eigenvalue weighted by Gasteiger charge is 2.16. The zero-order valence-corrected chi connectivity index (χ0v) is 11.1. The number of nitrogens with zero attached hydrogens (tertiary/aromatic N) is 1. The Kier molecular flexibility index (Phi) is 2.83. The molecule has 3 rings (SSSR count). The number of nitrogens with one attached hydrogen (secondary N) is 1. The van der Waals surface area contributed by atoms with Crippen LogP contribution in [0.15, 0.2) is 35.0 Å². The van der Waals surface area contributed by atoms with E-state index in [4.69, 9.17) is 5.73 Å². The molecule has 0 bridgehead atoms. The van der Waals surface area contributed by atoms with E-state index in [-0.39, 0.29) is 5.82 Å². The molecule has 2 heterocycles. The zero-order chi connectivity index (χ0) is 13.4. The lowest BCUT2D eigenvalue weighted by atomic mass is 10.0. The summed E-state index contributed by atoms with van der Waals surface area (Å²) in [5, 5.41) is 11.1. The van der Waals surface area contributed by atoms with Crippen LogP contribution >= 0.6 is 11.3 Å². The summed E-state index contributed by atoms with van der Waals surface area (Å²) in [6.07, 6.45) is 0. The average Bonchev–Trinajstić information content (AvgIpc) is 2.95. The summed E-state index contributed by atoms with van der Waals surface area (Å²) in [4.78, 5) is 0. The summed E-state index contributed by atoms with van der Waals surface area (Å²) in [6.45, 7) is 2.03. The molecule has 0 radical (unpaired) electrons. The molecule has 0 atom stereocenters. The molecule has 5 heteroatoms. The second kappa shape index (κ2) is 4.51. The SMILES string of the molecule is Cc1cscc1-c1[nH]nc(N)c1-c1cccc(F)c1. The van der Waals surface area contributed by atoms with E-state index < -0.39 is 0 Å². The van der Waals surface area contributed by atoms with E-state index in [1.54, 1.807) is 17.4 Å². The Morgan fingerprint density at radius 3 is 2.84 bits per heavy atom. The number of hydrogen-bond acceptors (Lipinski definition) is 3. The first kappa shape index (κ1) is 11.9. The van der Waals surface area contributed by atoms with Crippen molar-refractivity contribution in [1.29, 1.82) is 0 Å². The highest BCUT2D eigenvalue weighted by Crippen LogP contribution is 2.37. The molecule has 3 N–H and O–H groups in total. The largest absolute Gasteiger partial charge is 0.382 e. The Morgan fingerprint density at radius 1 is 1.32 bits per heavy atom. The smallest absolute Gasteiger partial charge is 0.153 e. The molecule has 0 unspecified atom stereocenters. The van der Waals surface area contributed by atoms with Crippen LogP contribution in [-0.2, 0) is 0 Å². The summed E-state index contributed by atoms with van der Waals surface area (Å²) in [5.74, 6) is 0.0947. The third-order valence-corrected chi connectivity index (χ3v) is 3.89. The van der Waals surface area contributed by atoms with Crippen molar-refractivity contribution in [3.8, 4) is 22.4 Å². The molecule has 0 spiro atoms. The Balaban J connectivity index is 2.22. The lowest BCUT2D eigenvalue weighted by Gasteiger charge is -2.04. The maximum Gasteiger partial charge on any atom is 0.153 e. The number of hydrogen-bond donors (Lipinski definition) is 2. The number of nitrogen functional groups attached to an aromatic ring is 1. The van der Waals surface area contributed by atoms with Crippen LogP contribution in [0.1, 0.15) is 5.56 Å². The Hall–Kier alpha value is -2.14. The van der Waals surface area contributed by atoms with E-state index in [9.17, 15) is 4.39 Å². The molecule has 19 heavy (non-hydrogen) atoms. The molecule has 0 saturated heterocycles. The normalized spacial score (nSPS) is 10.8. The fraction of sp³-hybridized carbons (Fsp3) is 0.0714. The van der Waals surface area contributed by atoms with E-state index in [0.29, 0.717) is 5.82 Å². The molecule has 0 aliphatic heterocycles. The van der Waals surface area contributed by atoms with Gasteiger partial charge >= 0.3 is 0 Å². The van der Waals surface area contributed by atoms with Crippen molar-refractivity contribution in [1.82, 2.24) is 10.2 Å². The van der Waals surface area contributed by atoms with Gasteiger partial charge in [0.25, 0.3) is 0 Å². The van der Waals surface area contributed by atoms with Crippen LogP contribution in [0.25, 0.3) is 22.4 Å². The highest BCUT2D eigenvalue weighted by molar-refractivity contribution is 7.08. The molecule has 0 aliphatic carbocycles. The van der Waals surface area contributed by atoms with Crippen LogP contribution in [0.2, 0.25) is 0 Å². The van der Waals surface area contributed by atoms with Gasteiger partial charge in [0, 0.05) is 10.9 Å². The van der Waals surface area contributed by atoms with E-state index in [0.717, 1.165) is 27.9 Å². The third kappa shape index (κ3) is 2.02. The third-order valence-electron chi connectivity index (χ3n) is 3.03. The van der Waals surface area contributed by atoms with Crippen LogP contribution in [-0.4, -0.2) is 10.2 Å². The number of rotatable bonds is 2. The molecule has 0 aliphatic rings. The van der Waals surface area contributed by atoms with Gasteiger partial charge in [0.1, 0.15) is 5.82 Å². The fourth-order valence-corrected chi connectivity index (χ4v) is 2.94. The van der Waals surface area contributed by atoms with E-state index in [1.165, 1.54) is 12.1 Å². The predicted octanol–water partition coefficient (Wildman–Crippen LogP) is 3.83. The minimum absolute atomic E-state index is 0.286. The molecule has 96 valence electrons. The minimum Gasteiger partial charge on any atom is -0.382 e. The lowest BCUT2D eigenvalue weighted by Crippen LogP contribution is -1.89. The number of H-pyrrole nitrogens is 1. The maximum absolute atomic E-state index is 13.4. The fourth-order valence-electron chi connectivity index (χ4n) is 2.10. The van der Waals surface area contributed by atoms with Crippen LogP contribution < -0.4 is 5.73 Å². The second-order valence-electron chi connectivity index (χ2n) is 4.34. The number of aromatic nitrogens is 2. The van der Waals surface area contributed by atoms with Crippen molar-refractivity contribution >= 4 is 17.2 Å². The minimum atomic E-state index is -0.286. The van der Waals surface area contributed by atoms with Crippen molar-refractivity contribution in [3.05, 3.63) is 46.4 Å². The number of aromatic amines is 1. The van der Waals surface area contributed by atoms with Gasteiger partial charge in [-0.1, -0.05) is 12.1 Å². The first-order valence-corrected chi connectivity index (χ1v) is 6.74. The summed E-state index contributed by atoms with van der Waals surface area (Å²) in [6, 6.07) is 6.37. The van der Waals surface area contributed by atoms with Gasteiger partial charge < -0.3 is 5.73 Å². The van der Waals surface area contributed by atoms with Crippen LogP contribution in [0.3, 0.4) is 0 Å². The first-order valence-electron chi connectivity index (χ1n) is 5.79. The van der Waals surface area contributed by atoms with Gasteiger partial charge in [-0.15, -0.1) is 0 Å². The number of anilines is 1. The molecule has 3 aromatic rings. The van der Waals surface area contributed by atoms with Crippen LogP contribution in [0.4, 0.5) is 10.2 Å². The van der Waals surface area contributed by atoms with Gasteiger partial charge in [-0.3, -0.25) is 5.10 Å². The van der Waals surface area contributed by atoms with Crippen molar-refractivity contribution in [2.75, 3.05) is 5.73 Å². The molecule has 2 aromatic heterocycles. The Morgan fingerprint density at radius 2 is 2.16 bits per heavy atom. The van der Waals surface area contributed by atoms with Gasteiger partial charge in [0.05, 0.1) is 11.3 Å². The molecule has 1 aromatic carbocycles. The number of thiophene rings is 1. The summed E-state index contributed by atoms with van der Waals surface area (Å²) >= 11 is 1.61. The zero-order valence-electron chi connectivity index (χ0n) is 10.3. The van der Waals surface area contributed by atoms with Crippen molar-refractivity contribution in [2.24, 2.45) is 0 Å². The Labute approximate surface area is 113 Å². The van der Waals surface area contributed by atoms with Gasteiger partial charge in [-0.2, -0.15) is 16.4 Å². The predicted molar refractivity (Wildman–Crippen MR) is 76.4 cm³/mol. The number of benzene rings is 1. The summed E-state index contributed by atoms with van der Waals surface area (Å²) < 4.78 is 13.4. The maximum atomic E-state index is 13.4. The molecule has 0 saturated carbocycles. The molecule has 0 amide bonds. The average molecular weight is 273 g/mol. The number of halogens is 1. The summed E-state index contributed by atoms with van der Waals surface area (Å²) in [7, 11) is 0.